The molecule has 0 saturated carbocycles. The Kier molecular flexibility index (Phi) is 7.52. The van der Waals surface area contributed by atoms with Crippen LogP contribution in [-0.4, -0.2) is 49.3 Å². The molecule has 2 aromatic carbocycles. The molecule has 0 atom stereocenters. The molecule has 0 spiro atoms. The number of amides is 1. The second-order valence-electron chi connectivity index (χ2n) is 6.50. The Bertz CT molecular complexity index is 1140. The lowest BCUT2D eigenvalue weighted by atomic mass is 10.2. The van der Waals surface area contributed by atoms with E-state index < -0.39 is 5.97 Å². The van der Waals surface area contributed by atoms with Crippen LogP contribution in [0.15, 0.2) is 52.4 Å². The summed E-state index contributed by atoms with van der Waals surface area (Å²) in [6, 6.07) is 13.9. The molecule has 0 unspecified atom stereocenters. The molecule has 8 nitrogen and oxygen atoms in total. The van der Waals surface area contributed by atoms with Crippen LogP contribution in [0.4, 0.5) is 5.69 Å². The van der Waals surface area contributed by atoms with Crippen molar-refractivity contribution in [3.8, 4) is 17.6 Å². The molecule has 1 fully saturated rings. The van der Waals surface area contributed by atoms with E-state index in [4.69, 9.17) is 19.5 Å². The number of nitrogens with zero attached hydrogens (tertiary/aromatic N) is 3. The number of ether oxygens (including phenoxy) is 3. The average molecular weight is 452 g/mol. The van der Waals surface area contributed by atoms with E-state index in [1.165, 1.54) is 23.8 Å². The summed E-state index contributed by atoms with van der Waals surface area (Å²) in [4.78, 5) is 30.9. The molecular formula is C23H21N3O5S. The SMILES string of the molecule is CCOc1cc(C=C2SC(=Nc3cccc(C(=O)OC)c3)N(C)C2=O)ccc1OCC#N. The fraction of sp³-hybridized carbons (Fsp3) is 0.217. The number of carbonyl (C=O) groups is 2. The number of benzene rings is 2. The highest BCUT2D eigenvalue weighted by atomic mass is 32.2. The average Bonchev–Trinajstić information content (AvgIpc) is 3.06. The summed E-state index contributed by atoms with van der Waals surface area (Å²) in [5.41, 5.74) is 1.66. The first kappa shape index (κ1) is 22.9. The van der Waals surface area contributed by atoms with Gasteiger partial charge in [-0.1, -0.05) is 12.1 Å². The highest BCUT2D eigenvalue weighted by Crippen LogP contribution is 2.35. The Balaban J connectivity index is 1.87. The third-order valence-corrected chi connectivity index (χ3v) is 5.41. The summed E-state index contributed by atoms with van der Waals surface area (Å²) in [5, 5.41) is 9.22. The number of likely N-dealkylation sites (N-methyl/N-ethyl adjacent to an activating group) is 1. The van der Waals surface area contributed by atoms with Crippen molar-refractivity contribution >= 4 is 40.6 Å². The van der Waals surface area contributed by atoms with Gasteiger partial charge < -0.3 is 14.2 Å². The van der Waals surface area contributed by atoms with Gasteiger partial charge in [-0.05, 0) is 60.7 Å². The molecule has 1 aliphatic rings. The maximum absolute atomic E-state index is 12.7. The third kappa shape index (κ3) is 5.28. The number of nitriles is 1. The second-order valence-corrected chi connectivity index (χ2v) is 7.51. The zero-order valence-corrected chi connectivity index (χ0v) is 18.6. The molecule has 3 rings (SSSR count). The highest BCUT2D eigenvalue weighted by molar-refractivity contribution is 8.18. The highest BCUT2D eigenvalue weighted by Gasteiger charge is 2.30. The summed E-state index contributed by atoms with van der Waals surface area (Å²) >= 11 is 1.23. The lowest BCUT2D eigenvalue weighted by molar-refractivity contribution is -0.121. The maximum Gasteiger partial charge on any atom is 0.337 e. The van der Waals surface area contributed by atoms with E-state index in [-0.39, 0.29) is 12.5 Å². The fourth-order valence-corrected chi connectivity index (χ4v) is 3.83. The Morgan fingerprint density at radius 2 is 2.03 bits per heavy atom. The Morgan fingerprint density at radius 1 is 1.22 bits per heavy atom. The van der Waals surface area contributed by atoms with Gasteiger partial charge in [0.15, 0.2) is 23.3 Å². The molecule has 2 aromatic rings. The maximum atomic E-state index is 12.7. The number of aliphatic imine (C=N–C) groups is 1. The molecule has 1 heterocycles. The normalized spacial score (nSPS) is 15.7. The number of hydrogen-bond donors (Lipinski definition) is 0. The standard InChI is InChI=1S/C23H21N3O5S/c1-4-30-19-12-15(8-9-18(19)31-11-10-24)13-20-21(27)26(2)23(32-20)25-17-7-5-6-16(14-17)22(28)29-3/h5-9,12-14H,4,11H2,1-3H3. The van der Waals surface area contributed by atoms with E-state index in [0.29, 0.717) is 39.4 Å². The van der Waals surface area contributed by atoms with Crippen LogP contribution < -0.4 is 9.47 Å². The van der Waals surface area contributed by atoms with Gasteiger partial charge in [-0.3, -0.25) is 9.69 Å². The predicted molar refractivity (Wildman–Crippen MR) is 122 cm³/mol. The van der Waals surface area contributed by atoms with Gasteiger partial charge in [-0.25, -0.2) is 9.79 Å². The molecule has 164 valence electrons. The van der Waals surface area contributed by atoms with Gasteiger partial charge in [0.25, 0.3) is 5.91 Å². The van der Waals surface area contributed by atoms with Crippen molar-refractivity contribution in [1.82, 2.24) is 4.90 Å². The summed E-state index contributed by atoms with van der Waals surface area (Å²) < 4.78 is 15.7. The van der Waals surface area contributed by atoms with Gasteiger partial charge in [-0.2, -0.15) is 5.26 Å². The monoisotopic (exact) mass is 451 g/mol. The molecule has 0 radical (unpaired) electrons. The first-order valence-electron chi connectivity index (χ1n) is 9.68. The van der Waals surface area contributed by atoms with Gasteiger partial charge in [0.2, 0.25) is 0 Å². The van der Waals surface area contributed by atoms with E-state index in [9.17, 15) is 9.59 Å². The largest absolute Gasteiger partial charge is 0.490 e. The molecule has 32 heavy (non-hydrogen) atoms. The van der Waals surface area contributed by atoms with Crippen LogP contribution in [0.3, 0.4) is 0 Å². The zero-order valence-electron chi connectivity index (χ0n) is 17.8. The molecule has 0 aromatic heterocycles. The van der Waals surface area contributed by atoms with Gasteiger partial charge in [-0.15, -0.1) is 0 Å². The molecule has 0 bridgehead atoms. The molecule has 0 aliphatic carbocycles. The van der Waals surface area contributed by atoms with E-state index in [0.717, 1.165) is 5.56 Å². The van der Waals surface area contributed by atoms with Crippen molar-refractivity contribution in [2.75, 3.05) is 27.4 Å². The summed E-state index contributed by atoms with van der Waals surface area (Å²) in [6.07, 6.45) is 1.74. The van der Waals surface area contributed by atoms with Crippen molar-refractivity contribution < 1.29 is 23.8 Å². The number of methoxy groups -OCH3 is 1. The quantitative estimate of drug-likeness (QED) is 0.463. The van der Waals surface area contributed by atoms with Gasteiger partial charge in [0, 0.05) is 7.05 Å². The number of thioether (sulfide) groups is 1. The van der Waals surface area contributed by atoms with Crippen molar-refractivity contribution in [2.45, 2.75) is 6.92 Å². The molecule has 9 heteroatoms. The smallest absolute Gasteiger partial charge is 0.337 e. The fourth-order valence-electron chi connectivity index (χ4n) is 2.85. The van der Waals surface area contributed by atoms with Crippen LogP contribution in [0.1, 0.15) is 22.8 Å². The van der Waals surface area contributed by atoms with Crippen molar-refractivity contribution in [3.63, 3.8) is 0 Å². The van der Waals surface area contributed by atoms with Crippen LogP contribution in [-0.2, 0) is 9.53 Å². The Labute approximate surface area is 190 Å². The number of hydrogen-bond acceptors (Lipinski definition) is 8. The van der Waals surface area contributed by atoms with Gasteiger partial charge in [0.05, 0.1) is 29.9 Å². The van der Waals surface area contributed by atoms with Gasteiger partial charge in [0.1, 0.15) is 6.07 Å². The predicted octanol–water partition coefficient (Wildman–Crippen LogP) is 4.01. The Morgan fingerprint density at radius 3 is 2.75 bits per heavy atom. The van der Waals surface area contributed by atoms with E-state index in [1.54, 1.807) is 55.6 Å². The van der Waals surface area contributed by atoms with Crippen LogP contribution in [0.2, 0.25) is 0 Å². The van der Waals surface area contributed by atoms with Crippen molar-refractivity contribution in [2.24, 2.45) is 4.99 Å². The minimum atomic E-state index is -0.455. The summed E-state index contributed by atoms with van der Waals surface area (Å²) in [7, 11) is 2.96. The number of carbonyl (C=O) groups excluding carboxylic acids is 2. The minimum Gasteiger partial charge on any atom is -0.490 e. The van der Waals surface area contributed by atoms with E-state index in [1.807, 2.05) is 13.0 Å². The first-order chi connectivity index (χ1) is 15.5. The van der Waals surface area contributed by atoms with Crippen molar-refractivity contribution in [3.05, 3.63) is 58.5 Å². The molecule has 1 saturated heterocycles. The van der Waals surface area contributed by atoms with Crippen LogP contribution in [0, 0.1) is 11.3 Å². The molecule has 1 aliphatic heterocycles. The number of esters is 1. The number of amidine groups is 1. The summed E-state index contributed by atoms with van der Waals surface area (Å²) in [6.45, 7) is 2.19. The van der Waals surface area contributed by atoms with Crippen molar-refractivity contribution in [1.29, 1.82) is 5.26 Å². The van der Waals surface area contributed by atoms with E-state index in [2.05, 4.69) is 4.99 Å². The molecule has 0 N–H and O–H groups in total. The molecule has 1 amide bonds. The summed E-state index contributed by atoms with van der Waals surface area (Å²) in [5.74, 6) is 0.310. The van der Waals surface area contributed by atoms with Crippen LogP contribution in [0.5, 0.6) is 11.5 Å². The Hall–Kier alpha value is -3.77. The third-order valence-electron chi connectivity index (χ3n) is 4.35. The lowest BCUT2D eigenvalue weighted by Gasteiger charge is -2.10. The second kappa shape index (κ2) is 10.5. The topological polar surface area (TPSA) is 101 Å². The molecular weight excluding hydrogens is 430 g/mol. The lowest BCUT2D eigenvalue weighted by Crippen LogP contribution is -2.23. The number of rotatable bonds is 7. The minimum absolute atomic E-state index is 0.0867. The van der Waals surface area contributed by atoms with E-state index >= 15 is 0 Å². The first-order valence-corrected chi connectivity index (χ1v) is 10.5. The van der Waals surface area contributed by atoms with Gasteiger partial charge >= 0.3 is 5.97 Å². The van der Waals surface area contributed by atoms with Crippen LogP contribution >= 0.6 is 11.8 Å². The zero-order chi connectivity index (χ0) is 23.1. The van der Waals surface area contributed by atoms with Crippen LogP contribution in [0.25, 0.3) is 6.08 Å².